The lowest BCUT2D eigenvalue weighted by Gasteiger charge is -2.05. The first-order chi connectivity index (χ1) is 5.37. The molecule has 0 aliphatic heterocycles. The summed E-state index contributed by atoms with van der Waals surface area (Å²) < 4.78 is 13.8. The number of aliphatic hydroxyl groups is 1. The highest BCUT2D eigenvalue weighted by Crippen LogP contribution is 2.36. The highest BCUT2D eigenvalue weighted by Gasteiger charge is 2.21. The van der Waals surface area contributed by atoms with Crippen molar-refractivity contribution in [1.82, 2.24) is 0 Å². The standard InChI is InChI=1S/C5H9O6P/c1-4(2-3-6)5(7)11-12(8,9)10/h6H,1-3H2,(H2,8,9,10). The van der Waals surface area contributed by atoms with Crippen LogP contribution < -0.4 is 0 Å². The summed E-state index contributed by atoms with van der Waals surface area (Å²) in [6.45, 7) is 2.83. The second-order valence-electron chi connectivity index (χ2n) is 1.95. The molecule has 3 N–H and O–H groups in total. The van der Waals surface area contributed by atoms with Gasteiger partial charge in [0, 0.05) is 18.6 Å². The monoisotopic (exact) mass is 196 g/mol. The lowest BCUT2D eigenvalue weighted by molar-refractivity contribution is -0.131. The molecule has 70 valence electrons. The molecular formula is C5H9O6P. The number of rotatable bonds is 4. The molecule has 0 saturated heterocycles. The Morgan fingerprint density at radius 2 is 2.00 bits per heavy atom. The molecule has 0 aliphatic carbocycles. The molecule has 0 bridgehead atoms. The van der Waals surface area contributed by atoms with Crippen LogP contribution in [0.4, 0.5) is 0 Å². The SMILES string of the molecule is C=C(CCO)C(=O)OP(=O)(O)O. The third-order valence-corrected chi connectivity index (χ3v) is 1.31. The molecule has 0 aromatic carbocycles. The minimum absolute atomic E-state index is 0.0706. The van der Waals surface area contributed by atoms with Crippen molar-refractivity contribution in [3.63, 3.8) is 0 Å². The first kappa shape index (κ1) is 11.3. The smallest absolute Gasteiger partial charge is 0.396 e. The zero-order valence-corrected chi connectivity index (χ0v) is 7.03. The number of aliphatic hydroxyl groups excluding tert-OH is 1. The lowest BCUT2D eigenvalue weighted by atomic mass is 10.2. The molecule has 0 unspecified atom stereocenters. The molecule has 0 rings (SSSR count). The van der Waals surface area contributed by atoms with Crippen LogP contribution in [0.1, 0.15) is 6.42 Å². The molecule has 0 atom stereocenters. The normalized spacial score (nSPS) is 10.9. The van der Waals surface area contributed by atoms with E-state index < -0.39 is 13.8 Å². The van der Waals surface area contributed by atoms with E-state index in [0.29, 0.717) is 0 Å². The summed E-state index contributed by atoms with van der Waals surface area (Å²) in [4.78, 5) is 27.0. The van der Waals surface area contributed by atoms with Crippen LogP contribution in [0.5, 0.6) is 0 Å². The predicted molar refractivity (Wildman–Crippen MR) is 39.0 cm³/mol. The number of carbonyl (C=O) groups is 1. The van der Waals surface area contributed by atoms with Gasteiger partial charge in [-0.25, -0.2) is 9.36 Å². The fourth-order valence-electron chi connectivity index (χ4n) is 0.410. The molecule has 0 radical (unpaired) electrons. The zero-order chi connectivity index (χ0) is 9.78. The molecular weight excluding hydrogens is 187 g/mol. The van der Waals surface area contributed by atoms with Gasteiger partial charge in [0.2, 0.25) is 0 Å². The Labute approximate surface area is 68.7 Å². The lowest BCUT2D eigenvalue weighted by Crippen LogP contribution is -2.06. The molecule has 12 heavy (non-hydrogen) atoms. The van der Waals surface area contributed by atoms with Gasteiger partial charge in [-0.15, -0.1) is 0 Å². The van der Waals surface area contributed by atoms with E-state index in [1.54, 1.807) is 0 Å². The Bertz CT molecular complexity index is 228. The Kier molecular flexibility index (Phi) is 4.12. The molecule has 0 fully saturated rings. The van der Waals surface area contributed by atoms with Crippen molar-refractivity contribution >= 4 is 13.8 Å². The molecule has 0 heterocycles. The van der Waals surface area contributed by atoms with Crippen molar-refractivity contribution in [3.8, 4) is 0 Å². The van der Waals surface area contributed by atoms with Gasteiger partial charge in [-0.1, -0.05) is 6.58 Å². The maximum atomic E-state index is 10.6. The fraction of sp³-hybridized carbons (Fsp3) is 0.400. The zero-order valence-electron chi connectivity index (χ0n) is 6.13. The Morgan fingerprint density at radius 1 is 1.50 bits per heavy atom. The molecule has 0 amide bonds. The summed E-state index contributed by atoms with van der Waals surface area (Å²) in [6, 6.07) is 0. The topological polar surface area (TPSA) is 104 Å². The van der Waals surface area contributed by atoms with Gasteiger partial charge < -0.3 is 9.63 Å². The molecule has 0 aromatic rings. The minimum Gasteiger partial charge on any atom is -0.396 e. The van der Waals surface area contributed by atoms with Gasteiger partial charge >= 0.3 is 13.8 Å². The van der Waals surface area contributed by atoms with E-state index in [9.17, 15) is 9.36 Å². The fourth-order valence-corrected chi connectivity index (χ4v) is 0.755. The minimum atomic E-state index is -4.79. The second-order valence-corrected chi connectivity index (χ2v) is 3.11. The largest absolute Gasteiger partial charge is 0.527 e. The van der Waals surface area contributed by atoms with Crippen molar-refractivity contribution in [3.05, 3.63) is 12.2 Å². The first-order valence-electron chi connectivity index (χ1n) is 2.95. The van der Waals surface area contributed by atoms with Crippen molar-refractivity contribution in [2.75, 3.05) is 6.61 Å². The van der Waals surface area contributed by atoms with Crippen molar-refractivity contribution < 1.29 is 28.8 Å². The van der Waals surface area contributed by atoms with E-state index in [1.165, 1.54) is 0 Å². The van der Waals surface area contributed by atoms with E-state index in [2.05, 4.69) is 11.1 Å². The van der Waals surface area contributed by atoms with E-state index in [1.807, 2.05) is 0 Å². The number of hydrogen-bond donors (Lipinski definition) is 3. The number of phosphoric acid groups is 1. The van der Waals surface area contributed by atoms with E-state index in [0.717, 1.165) is 0 Å². The van der Waals surface area contributed by atoms with Gasteiger partial charge in [0.25, 0.3) is 0 Å². The number of carbonyl (C=O) groups excluding carboxylic acids is 1. The third-order valence-electron chi connectivity index (χ3n) is 0.904. The van der Waals surface area contributed by atoms with Crippen molar-refractivity contribution in [1.29, 1.82) is 0 Å². The van der Waals surface area contributed by atoms with Gasteiger partial charge in [-0.3, -0.25) is 9.79 Å². The van der Waals surface area contributed by atoms with Crippen molar-refractivity contribution in [2.24, 2.45) is 0 Å². The Balaban J connectivity index is 4.06. The summed E-state index contributed by atoms with van der Waals surface area (Å²) in [5.41, 5.74) is -0.180. The van der Waals surface area contributed by atoms with E-state index >= 15 is 0 Å². The summed E-state index contributed by atoms with van der Waals surface area (Å²) in [7, 11) is -4.79. The second kappa shape index (κ2) is 4.37. The Morgan fingerprint density at radius 3 is 2.33 bits per heavy atom. The van der Waals surface area contributed by atoms with Crippen LogP contribution in [0, 0.1) is 0 Å². The van der Waals surface area contributed by atoms with Crippen LogP contribution in [0.3, 0.4) is 0 Å². The molecule has 0 spiro atoms. The average Bonchev–Trinajstić information content (AvgIpc) is 1.84. The summed E-state index contributed by atoms with van der Waals surface area (Å²) in [5.74, 6) is -1.20. The molecule has 6 nitrogen and oxygen atoms in total. The first-order valence-corrected chi connectivity index (χ1v) is 4.48. The van der Waals surface area contributed by atoms with Crippen LogP contribution >= 0.6 is 7.82 Å². The molecule has 0 saturated carbocycles. The number of phosphoric ester groups is 1. The summed E-state index contributed by atoms with van der Waals surface area (Å²) in [6.07, 6.45) is -0.0706. The van der Waals surface area contributed by atoms with Crippen LogP contribution in [-0.2, 0) is 13.9 Å². The maximum absolute atomic E-state index is 10.6. The Hall–Kier alpha value is -0.680. The van der Waals surface area contributed by atoms with E-state index in [4.69, 9.17) is 14.9 Å². The summed E-state index contributed by atoms with van der Waals surface area (Å²) >= 11 is 0. The van der Waals surface area contributed by atoms with Gasteiger partial charge in [-0.05, 0) is 0 Å². The van der Waals surface area contributed by atoms with Gasteiger partial charge in [-0.2, -0.15) is 0 Å². The predicted octanol–water partition coefficient (Wildman–Crippen LogP) is -0.439. The maximum Gasteiger partial charge on any atom is 0.527 e. The van der Waals surface area contributed by atoms with E-state index in [-0.39, 0.29) is 18.6 Å². The van der Waals surface area contributed by atoms with Gasteiger partial charge in [0.05, 0.1) is 0 Å². The van der Waals surface area contributed by atoms with Crippen LogP contribution in [0.2, 0.25) is 0 Å². The quantitative estimate of drug-likeness (QED) is 0.416. The average molecular weight is 196 g/mol. The van der Waals surface area contributed by atoms with Crippen LogP contribution in [0.15, 0.2) is 12.2 Å². The van der Waals surface area contributed by atoms with Crippen LogP contribution in [-0.4, -0.2) is 27.5 Å². The van der Waals surface area contributed by atoms with Gasteiger partial charge in [0.15, 0.2) is 0 Å². The van der Waals surface area contributed by atoms with Gasteiger partial charge in [0.1, 0.15) is 0 Å². The molecule has 0 aliphatic rings. The molecule has 7 heteroatoms. The van der Waals surface area contributed by atoms with Crippen molar-refractivity contribution in [2.45, 2.75) is 6.42 Å². The molecule has 0 aromatic heterocycles. The number of hydrogen-bond acceptors (Lipinski definition) is 4. The third kappa shape index (κ3) is 5.03. The summed E-state index contributed by atoms with van der Waals surface area (Å²) in [5, 5.41) is 8.32. The highest BCUT2D eigenvalue weighted by atomic mass is 31.2. The van der Waals surface area contributed by atoms with Crippen LogP contribution in [0.25, 0.3) is 0 Å². The highest BCUT2D eigenvalue weighted by molar-refractivity contribution is 7.46.